The number of ether oxygens (including phenoxy) is 3. The summed E-state index contributed by atoms with van der Waals surface area (Å²) < 4.78 is 15.6. The normalized spacial score (nSPS) is 13.3. The third-order valence-corrected chi connectivity index (χ3v) is 5.35. The molecule has 0 saturated carbocycles. The summed E-state index contributed by atoms with van der Waals surface area (Å²) in [5.74, 6) is 0.00831. The van der Waals surface area contributed by atoms with Crippen LogP contribution in [0.4, 0.5) is 23.5 Å². The maximum absolute atomic E-state index is 11.8. The summed E-state index contributed by atoms with van der Waals surface area (Å²) in [5, 5.41) is 19.1. The van der Waals surface area contributed by atoms with E-state index in [0.717, 1.165) is 5.56 Å². The summed E-state index contributed by atoms with van der Waals surface area (Å²) in [6, 6.07) is 12.6. The van der Waals surface area contributed by atoms with E-state index in [9.17, 15) is 14.9 Å². The minimum atomic E-state index is -0.641. The Balaban J connectivity index is 1.58. The van der Waals surface area contributed by atoms with E-state index in [1.54, 1.807) is 0 Å². The van der Waals surface area contributed by atoms with Crippen LogP contribution < -0.4 is 25.1 Å². The average molecular weight is 523 g/mol. The molecule has 38 heavy (non-hydrogen) atoms. The molecule has 0 amide bonds. The van der Waals surface area contributed by atoms with Crippen LogP contribution in [-0.4, -0.2) is 65.5 Å². The standard InChI is InChI=1S/C24H26N8O6/c1-16(33)38-19-9-8-18(20(32(34)35)21(19)36-2)15-26-30-23-27-22(25-14-17-6-4-3-5-7-17)28-24(29-23)31-10-12-37-13-11-31/h3-9,15H,10-14H2,1-2H3,(H2,25,27,28,29,30)/b26-15-. The third kappa shape index (κ3) is 6.67. The maximum Gasteiger partial charge on any atom is 0.323 e. The lowest BCUT2D eigenvalue weighted by atomic mass is 10.1. The van der Waals surface area contributed by atoms with Gasteiger partial charge in [0.1, 0.15) is 0 Å². The van der Waals surface area contributed by atoms with Gasteiger partial charge in [0.05, 0.1) is 37.0 Å². The predicted octanol–water partition coefficient (Wildman–Crippen LogP) is 2.61. The lowest BCUT2D eigenvalue weighted by Gasteiger charge is -2.27. The van der Waals surface area contributed by atoms with Crippen molar-refractivity contribution in [2.75, 3.05) is 49.1 Å². The van der Waals surface area contributed by atoms with E-state index in [1.807, 2.05) is 35.2 Å². The van der Waals surface area contributed by atoms with E-state index in [1.165, 1.54) is 32.4 Å². The van der Waals surface area contributed by atoms with Gasteiger partial charge < -0.3 is 24.4 Å². The predicted molar refractivity (Wildman–Crippen MR) is 139 cm³/mol. The van der Waals surface area contributed by atoms with Crippen LogP contribution in [-0.2, 0) is 16.1 Å². The van der Waals surface area contributed by atoms with E-state index >= 15 is 0 Å². The number of nitrogens with zero attached hydrogens (tertiary/aromatic N) is 6. The first-order valence-electron chi connectivity index (χ1n) is 11.6. The van der Waals surface area contributed by atoms with Crippen molar-refractivity contribution in [3.8, 4) is 11.5 Å². The molecule has 1 aliphatic heterocycles. The Morgan fingerprint density at radius 1 is 1.16 bits per heavy atom. The largest absolute Gasteiger partial charge is 0.488 e. The molecular formula is C24H26N8O6. The van der Waals surface area contributed by atoms with Gasteiger partial charge in [-0.05, 0) is 17.7 Å². The van der Waals surface area contributed by atoms with Gasteiger partial charge in [-0.15, -0.1) is 0 Å². The van der Waals surface area contributed by atoms with Gasteiger partial charge in [-0.1, -0.05) is 30.3 Å². The van der Waals surface area contributed by atoms with E-state index in [2.05, 4.69) is 30.8 Å². The van der Waals surface area contributed by atoms with Crippen LogP contribution in [0.5, 0.6) is 11.5 Å². The monoisotopic (exact) mass is 522 g/mol. The number of nitrogens with one attached hydrogen (secondary N) is 2. The first kappa shape index (κ1) is 26.2. The highest BCUT2D eigenvalue weighted by Gasteiger charge is 2.25. The number of hydrogen-bond acceptors (Lipinski definition) is 13. The van der Waals surface area contributed by atoms with Crippen molar-refractivity contribution < 1.29 is 23.9 Å². The first-order chi connectivity index (χ1) is 18.4. The molecule has 198 valence electrons. The van der Waals surface area contributed by atoms with Crippen molar-refractivity contribution in [3.05, 3.63) is 63.7 Å². The molecule has 0 atom stereocenters. The van der Waals surface area contributed by atoms with E-state index in [-0.39, 0.29) is 23.0 Å². The highest BCUT2D eigenvalue weighted by atomic mass is 16.6. The van der Waals surface area contributed by atoms with Crippen molar-refractivity contribution in [3.63, 3.8) is 0 Å². The fourth-order valence-corrected chi connectivity index (χ4v) is 3.63. The highest BCUT2D eigenvalue weighted by Crippen LogP contribution is 2.39. The molecule has 0 radical (unpaired) electrons. The highest BCUT2D eigenvalue weighted by molar-refractivity contribution is 5.89. The van der Waals surface area contributed by atoms with Crippen molar-refractivity contribution in [2.45, 2.75) is 13.5 Å². The molecule has 2 heterocycles. The Morgan fingerprint density at radius 2 is 1.89 bits per heavy atom. The first-order valence-corrected chi connectivity index (χ1v) is 11.6. The lowest BCUT2D eigenvalue weighted by Crippen LogP contribution is -2.37. The molecule has 14 nitrogen and oxygen atoms in total. The number of benzene rings is 2. The second-order valence-corrected chi connectivity index (χ2v) is 7.98. The van der Waals surface area contributed by atoms with E-state index < -0.39 is 16.6 Å². The van der Waals surface area contributed by atoms with Crippen molar-refractivity contribution in [2.24, 2.45) is 5.10 Å². The number of nitro benzene ring substituents is 1. The quantitative estimate of drug-likeness (QED) is 0.132. The topological polar surface area (TPSA) is 166 Å². The number of carbonyl (C=O) groups is 1. The van der Waals surface area contributed by atoms with Crippen LogP contribution in [0.25, 0.3) is 0 Å². The molecule has 3 aromatic rings. The molecular weight excluding hydrogens is 496 g/mol. The van der Waals surface area contributed by atoms with Gasteiger partial charge in [-0.25, -0.2) is 5.43 Å². The van der Waals surface area contributed by atoms with Crippen LogP contribution >= 0.6 is 0 Å². The fraction of sp³-hybridized carbons (Fsp3) is 0.292. The van der Waals surface area contributed by atoms with Gasteiger partial charge in [0.15, 0.2) is 5.75 Å². The van der Waals surface area contributed by atoms with Crippen LogP contribution in [0.15, 0.2) is 47.6 Å². The van der Waals surface area contributed by atoms with E-state index in [4.69, 9.17) is 14.2 Å². The molecule has 0 aliphatic carbocycles. The van der Waals surface area contributed by atoms with Crippen molar-refractivity contribution in [1.29, 1.82) is 0 Å². The Morgan fingerprint density at radius 3 is 2.58 bits per heavy atom. The number of hydrogen-bond donors (Lipinski definition) is 2. The van der Waals surface area contributed by atoms with Gasteiger partial charge in [0.2, 0.25) is 23.6 Å². The van der Waals surface area contributed by atoms with Crippen molar-refractivity contribution >= 4 is 35.7 Å². The number of nitro groups is 1. The maximum atomic E-state index is 11.8. The Bertz CT molecular complexity index is 1310. The molecule has 14 heteroatoms. The molecule has 1 aliphatic rings. The molecule has 1 aromatic heterocycles. The Hall–Kier alpha value is -4.85. The second kappa shape index (κ2) is 12.4. The second-order valence-electron chi connectivity index (χ2n) is 7.98. The number of hydrazone groups is 1. The molecule has 4 rings (SSSR count). The molecule has 0 bridgehead atoms. The number of morpholine rings is 1. The molecule has 1 saturated heterocycles. The molecule has 0 spiro atoms. The number of aromatic nitrogens is 3. The van der Waals surface area contributed by atoms with Crippen LogP contribution in [0.1, 0.15) is 18.1 Å². The number of methoxy groups -OCH3 is 1. The summed E-state index contributed by atoms with van der Waals surface area (Å²) in [6.45, 7) is 4.02. The van der Waals surface area contributed by atoms with Gasteiger partial charge in [0.25, 0.3) is 0 Å². The van der Waals surface area contributed by atoms with Crippen LogP contribution in [0, 0.1) is 10.1 Å². The molecule has 2 N–H and O–H groups in total. The summed E-state index contributed by atoms with van der Waals surface area (Å²) in [6.07, 6.45) is 1.23. The van der Waals surface area contributed by atoms with Gasteiger partial charge >= 0.3 is 11.7 Å². The van der Waals surface area contributed by atoms with Gasteiger partial charge in [0, 0.05) is 26.6 Å². The fourth-order valence-electron chi connectivity index (χ4n) is 3.63. The zero-order valence-corrected chi connectivity index (χ0v) is 20.8. The SMILES string of the molecule is COc1c(OC(C)=O)ccc(/C=N\Nc2nc(NCc3ccccc3)nc(N3CCOCC3)n2)c1[N+](=O)[O-]. The zero-order chi connectivity index (χ0) is 26.9. The van der Waals surface area contributed by atoms with Crippen LogP contribution in [0.2, 0.25) is 0 Å². The van der Waals surface area contributed by atoms with Gasteiger partial charge in [-0.2, -0.15) is 20.1 Å². The number of anilines is 3. The number of rotatable bonds is 10. The van der Waals surface area contributed by atoms with Crippen molar-refractivity contribution in [1.82, 2.24) is 15.0 Å². The Labute approximate surface area is 217 Å². The summed E-state index contributed by atoms with van der Waals surface area (Å²) in [4.78, 5) is 37.8. The minimum absolute atomic E-state index is 0.0708. The summed E-state index contributed by atoms with van der Waals surface area (Å²) in [5.41, 5.74) is 3.47. The Kier molecular flexibility index (Phi) is 8.56. The lowest BCUT2D eigenvalue weighted by molar-refractivity contribution is -0.385. The summed E-state index contributed by atoms with van der Waals surface area (Å²) in [7, 11) is 1.25. The minimum Gasteiger partial charge on any atom is -0.488 e. The zero-order valence-electron chi connectivity index (χ0n) is 20.8. The smallest absolute Gasteiger partial charge is 0.323 e. The average Bonchev–Trinajstić information content (AvgIpc) is 2.93. The number of esters is 1. The third-order valence-electron chi connectivity index (χ3n) is 5.35. The molecule has 2 aromatic carbocycles. The summed E-state index contributed by atoms with van der Waals surface area (Å²) >= 11 is 0. The number of carbonyl (C=O) groups excluding carboxylic acids is 1. The molecule has 1 fully saturated rings. The van der Waals surface area contributed by atoms with Crippen LogP contribution in [0.3, 0.4) is 0 Å². The molecule has 0 unspecified atom stereocenters. The van der Waals surface area contributed by atoms with E-state index in [0.29, 0.717) is 44.7 Å². The van der Waals surface area contributed by atoms with Gasteiger partial charge in [-0.3, -0.25) is 14.9 Å².